The molecule has 0 radical (unpaired) electrons. The van der Waals surface area contributed by atoms with Crippen molar-refractivity contribution in [3.63, 3.8) is 0 Å². The monoisotopic (exact) mass is 213 g/mol. The second kappa shape index (κ2) is 4.13. The van der Waals surface area contributed by atoms with Gasteiger partial charge in [0.1, 0.15) is 5.51 Å². The average Bonchev–Trinajstić information content (AvgIpc) is 2.54. The third kappa shape index (κ3) is 2.24. The zero-order chi connectivity index (χ0) is 9.10. The Hall–Kier alpha value is -0.520. The molecule has 0 aromatic carbocycles. The van der Waals surface area contributed by atoms with Crippen molar-refractivity contribution in [3.8, 4) is 0 Å². The molecule has 0 N–H and O–H groups in total. The molecule has 0 atom stereocenters. The van der Waals surface area contributed by atoms with Crippen molar-refractivity contribution in [2.75, 3.05) is 13.1 Å². The molecule has 1 aliphatic heterocycles. The topological polar surface area (TPSA) is 21.1 Å². The van der Waals surface area contributed by atoms with Gasteiger partial charge in [0.05, 0.1) is 6.67 Å². The van der Waals surface area contributed by atoms with E-state index in [9.17, 15) is 0 Å². The highest BCUT2D eigenvalue weighted by molar-refractivity contribution is 7.73. The van der Waals surface area contributed by atoms with Crippen molar-refractivity contribution in [2.24, 2.45) is 0 Å². The summed E-state index contributed by atoms with van der Waals surface area (Å²) < 4.78 is 2.73. The zero-order valence-corrected chi connectivity index (χ0v) is 8.85. The van der Waals surface area contributed by atoms with Crippen LogP contribution in [0, 0.1) is 3.95 Å². The molecule has 2 heterocycles. The Morgan fingerprint density at radius 3 is 3.08 bits per heavy atom. The van der Waals surface area contributed by atoms with Crippen molar-refractivity contribution < 1.29 is 0 Å². The molecule has 5 heteroatoms. The molecule has 0 unspecified atom stereocenters. The van der Waals surface area contributed by atoms with Gasteiger partial charge >= 0.3 is 0 Å². The lowest BCUT2D eigenvalue weighted by molar-refractivity contribution is 0.225. The predicted molar refractivity (Wildman–Crippen MR) is 56.3 cm³/mol. The lowest BCUT2D eigenvalue weighted by Gasteiger charge is -2.22. The van der Waals surface area contributed by atoms with Crippen LogP contribution in [0.4, 0.5) is 0 Å². The summed E-state index contributed by atoms with van der Waals surface area (Å²) in [6.45, 7) is 2.95. The summed E-state index contributed by atoms with van der Waals surface area (Å²) in [6.07, 6.45) is 5.55. The van der Waals surface area contributed by atoms with E-state index in [-0.39, 0.29) is 0 Å². The minimum atomic E-state index is 0.826. The fourth-order valence-electron chi connectivity index (χ4n) is 1.34. The summed E-state index contributed by atoms with van der Waals surface area (Å²) >= 11 is 6.64. The molecule has 1 aromatic heterocycles. The van der Waals surface area contributed by atoms with E-state index >= 15 is 0 Å². The summed E-state index contributed by atoms with van der Waals surface area (Å²) in [5.41, 5.74) is 1.79. The van der Waals surface area contributed by atoms with Gasteiger partial charge < -0.3 is 0 Å². The number of rotatable bonds is 2. The minimum Gasteiger partial charge on any atom is -0.280 e. The lowest BCUT2D eigenvalue weighted by atomic mass is 10.3. The molecule has 0 aliphatic carbocycles. The van der Waals surface area contributed by atoms with Gasteiger partial charge in [0.25, 0.3) is 0 Å². The SMILES string of the molecule is S=c1scnn1CN1CC=CCC1. The van der Waals surface area contributed by atoms with Crippen LogP contribution >= 0.6 is 23.6 Å². The molecule has 2 rings (SSSR count). The Balaban J connectivity index is 2.02. The first kappa shape index (κ1) is 9.05. The standard InChI is InChI=1S/C8H11N3S2/c12-8-11(9-6-13-8)7-10-4-2-1-3-5-10/h1-2,6H,3-5,7H2. The van der Waals surface area contributed by atoms with Gasteiger partial charge in [-0.15, -0.1) is 0 Å². The highest BCUT2D eigenvalue weighted by Gasteiger charge is 2.06. The molecule has 0 bridgehead atoms. The van der Waals surface area contributed by atoms with Gasteiger partial charge in [-0.2, -0.15) is 5.10 Å². The summed E-state index contributed by atoms with van der Waals surface area (Å²) in [5.74, 6) is 0. The van der Waals surface area contributed by atoms with E-state index in [4.69, 9.17) is 12.2 Å². The van der Waals surface area contributed by atoms with Gasteiger partial charge in [0, 0.05) is 13.1 Å². The first-order valence-corrected chi connectivity index (χ1v) is 5.53. The van der Waals surface area contributed by atoms with Gasteiger partial charge in [0.2, 0.25) is 0 Å². The smallest absolute Gasteiger partial charge is 0.180 e. The van der Waals surface area contributed by atoms with E-state index in [1.807, 2.05) is 4.68 Å². The predicted octanol–water partition coefficient (Wildman–Crippen LogP) is 1.89. The molecule has 13 heavy (non-hydrogen) atoms. The second-order valence-electron chi connectivity index (χ2n) is 2.98. The molecule has 1 aromatic rings. The largest absolute Gasteiger partial charge is 0.280 e. The maximum atomic E-state index is 5.13. The Bertz CT molecular complexity index is 352. The molecule has 3 nitrogen and oxygen atoms in total. The van der Waals surface area contributed by atoms with Crippen LogP contribution in [0.3, 0.4) is 0 Å². The number of nitrogens with zero attached hydrogens (tertiary/aromatic N) is 3. The van der Waals surface area contributed by atoms with E-state index in [1.54, 1.807) is 5.51 Å². The summed E-state index contributed by atoms with van der Waals surface area (Å²) in [4.78, 5) is 2.33. The van der Waals surface area contributed by atoms with Crippen LogP contribution in [0.25, 0.3) is 0 Å². The van der Waals surface area contributed by atoms with Gasteiger partial charge in [-0.05, 0) is 18.6 Å². The second-order valence-corrected chi connectivity index (χ2v) is 4.46. The third-order valence-corrected chi connectivity index (χ3v) is 3.14. The molecular formula is C8H11N3S2. The number of aromatic nitrogens is 2. The summed E-state index contributed by atoms with van der Waals surface area (Å²) in [7, 11) is 0. The Labute approximate surface area is 86.3 Å². The Kier molecular flexibility index (Phi) is 2.87. The Morgan fingerprint density at radius 1 is 1.54 bits per heavy atom. The molecule has 0 amide bonds. The first-order valence-electron chi connectivity index (χ1n) is 4.24. The maximum Gasteiger partial charge on any atom is 0.180 e. The molecule has 0 spiro atoms. The van der Waals surface area contributed by atoms with Gasteiger partial charge in [-0.3, -0.25) is 4.90 Å². The van der Waals surface area contributed by atoms with Crippen LogP contribution < -0.4 is 0 Å². The number of hydrogen-bond acceptors (Lipinski definition) is 4. The molecule has 70 valence electrons. The Morgan fingerprint density at radius 2 is 2.46 bits per heavy atom. The van der Waals surface area contributed by atoms with Crippen LogP contribution in [-0.4, -0.2) is 27.8 Å². The molecule has 0 fully saturated rings. The van der Waals surface area contributed by atoms with Gasteiger partial charge in [-0.25, -0.2) is 4.68 Å². The van der Waals surface area contributed by atoms with Crippen LogP contribution in [0.1, 0.15) is 6.42 Å². The van der Waals surface area contributed by atoms with Crippen LogP contribution in [0.15, 0.2) is 17.7 Å². The lowest BCUT2D eigenvalue weighted by Crippen LogP contribution is -2.29. The maximum absolute atomic E-state index is 5.13. The van der Waals surface area contributed by atoms with E-state index in [1.165, 1.54) is 11.3 Å². The van der Waals surface area contributed by atoms with Crippen LogP contribution in [0.2, 0.25) is 0 Å². The van der Waals surface area contributed by atoms with E-state index in [0.29, 0.717) is 0 Å². The van der Waals surface area contributed by atoms with Gasteiger partial charge in [-0.1, -0.05) is 23.5 Å². The van der Waals surface area contributed by atoms with Crippen LogP contribution in [0.5, 0.6) is 0 Å². The number of hydrogen-bond donors (Lipinski definition) is 0. The van der Waals surface area contributed by atoms with Crippen molar-refractivity contribution in [3.05, 3.63) is 21.6 Å². The van der Waals surface area contributed by atoms with E-state index < -0.39 is 0 Å². The quantitative estimate of drug-likeness (QED) is 0.553. The molecular weight excluding hydrogens is 202 g/mol. The zero-order valence-electron chi connectivity index (χ0n) is 7.22. The van der Waals surface area contributed by atoms with Crippen molar-refractivity contribution in [1.29, 1.82) is 0 Å². The van der Waals surface area contributed by atoms with Crippen molar-refractivity contribution in [1.82, 2.24) is 14.7 Å². The normalized spacial score (nSPS) is 17.8. The summed E-state index contributed by atoms with van der Waals surface area (Å²) in [5, 5.41) is 4.18. The fourth-order valence-corrected chi connectivity index (χ4v) is 2.05. The summed E-state index contributed by atoms with van der Waals surface area (Å²) in [6, 6.07) is 0. The fraction of sp³-hybridized carbons (Fsp3) is 0.500. The van der Waals surface area contributed by atoms with E-state index in [2.05, 4.69) is 22.2 Å². The molecule has 0 saturated heterocycles. The van der Waals surface area contributed by atoms with Gasteiger partial charge in [0.15, 0.2) is 3.95 Å². The van der Waals surface area contributed by atoms with Crippen LogP contribution in [-0.2, 0) is 6.67 Å². The van der Waals surface area contributed by atoms with Crippen molar-refractivity contribution >= 4 is 23.6 Å². The highest BCUT2D eigenvalue weighted by Crippen LogP contribution is 2.05. The molecule has 0 saturated carbocycles. The van der Waals surface area contributed by atoms with Crippen molar-refractivity contribution in [2.45, 2.75) is 13.1 Å². The average molecular weight is 213 g/mol. The molecule has 1 aliphatic rings. The third-order valence-electron chi connectivity index (χ3n) is 2.03. The highest BCUT2D eigenvalue weighted by atomic mass is 32.1. The minimum absolute atomic E-state index is 0.826. The van der Waals surface area contributed by atoms with E-state index in [0.717, 1.165) is 30.1 Å². The first-order chi connectivity index (χ1) is 6.36.